The first-order valence-electron chi connectivity index (χ1n) is 6.69. The van der Waals surface area contributed by atoms with Gasteiger partial charge in [-0.1, -0.05) is 11.2 Å². The lowest BCUT2D eigenvalue weighted by Crippen LogP contribution is -2.21. The number of esters is 1. The molecule has 1 aromatic heterocycles. The van der Waals surface area contributed by atoms with Gasteiger partial charge in [-0.15, -0.1) is 0 Å². The summed E-state index contributed by atoms with van der Waals surface area (Å²) in [5, 5.41) is 8.57. The van der Waals surface area contributed by atoms with Crippen molar-refractivity contribution in [2.24, 2.45) is 0 Å². The van der Waals surface area contributed by atoms with E-state index in [4.69, 9.17) is 4.52 Å². The number of aryl methyl sites for hydroxylation is 1. The fraction of sp³-hybridized carbons (Fsp3) is 0.200. The Morgan fingerprint density at radius 2 is 1.91 bits per heavy atom. The smallest absolute Gasteiger partial charge is 0.337 e. The Bertz CT molecular complexity index is 738. The van der Waals surface area contributed by atoms with Crippen LogP contribution >= 0.6 is 0 Å². The third-order valence-electron chi connectivity index (χ3n) is 2.78. The van der Waals surface area contributed by atoms with Crippen molar-refractivity contribution < 1.29 is 23.6 Å². The van der Waals surface area contributed by atoms with Gasteiger partial charge in [0.05, 0.1) is 12.7 Å². The molecule has 1 heterocycles. The topological polar surface area (TPSA) is 111 Å². The van der Waals surface area contributed by atoms with Gasteiger partial charge in [0.2, 0.25) is 11.8 Å². The third-order valence-corrected chi connectivity index (χ3v) is 2.78. The van der Waals surface area contributed by atoms with Gasteiger partial charge in [0.25, 0.3) is 0 Å². The van der Waals surface area contributed by atoms with E-state index < -0.39 is 24.2 Å². The number of ether oxygens (including phenoxy) is 1. The molecule has 23 heavy (non-hydrogen) atoms. The second-order valence-electron chi connectivity index (χ2n) is 4.67. The lowest BCUT2D eigenvalue weighted by Gasteiger charge is -2.06. The number of anilines is 2. The van der Waals surface area contributed by atoms with Gasteiger partial charge in [-0.2, -0.15) is 0 Å². The second kappa shape index (κ2) is 7.21. The number of carbonyl (C=O) groups is 3. The fourth-order valence-corrected chi connectivity index (χ4v) is 1.81. The summed E-state index contributed by atoms with van der Waals surface area (Å²) < 4.78 is 9.40. The molecule has 2 rings (SSSR count). The van der Waals surface area contributed by atoms with Gasteiger partial charge in [0.15, 0.2) is 5.82 Å². The Balaban J connectivity index is 1.91. The molecule has 0 aliphatic carbocycles. The summed E-state index contributed by atoms with van der Waals surface area (Å²) in [4.78, 5) is 35.0. The average molecular weight is 317 g/mol. The zero-order valence-corrected chi connectivity index (χ0v) is 12.6. The van der Waals surface area contributed by atoms with Crippen molar-refractivity contribution >= 4 is 29.3 Å². The molecule has 0 atom stereocenters. The maximum atomic E-state index is 11.8. The fourth-order valence-electron chi connectivity index (χ4n) is 1.81. The normalized spacial score (nSPS) is 10.0. The van der Waals surface area contributed by atoms with Crippen LogP contribution in [0.2, 0.25) is 0 Å². The zero-order valence-electron chi connectivity index (χ0n) is 12.6. The van der Waals surface area contributed by atoms with Gasteiger partial charge in [-0.25, -0.2) is 4.79 Å². The van der Waals surface area contributed by atoms with Crippen molar-refractivity contribution in [1.82, 2.24) is 5.16 Å². The van der Waals surface area contributed by atoms with Gasteiger partial charge in [0, 0.05) is 11.8 Å². The molecule has 2 N–H and O–H groups in total. The van der Waals surface area contributed by atoms with Crippen LogP contribution in [0.5, 0.6) is 0 Å². The number of nitrogens with one attached hydrogen (secondary N) is 2. The predicted octanol–water partition coefficient (Wildman–Crippen LogP) is 1.74. The molecular formula is C15H15N3O5. The van der Waals surface area contributed by atoms with Crippen LogP contribution in [0.25, 0.3) is 0 Å². The molecule has 0 aliphatic rings. The molecule has 8 heteroatoms. The first-order valence-corrected chi connectivity index (χ1v) is 6.69. The quantitative estimate of drug-likeness (QED) is 0.642. The summed E-state index contributed by atoms with van der Waals surface area (Å²) in [6, 6.07) is 7.75. The van der Waals surface area contributed by atoms with Crippen LogP contribution < -0.4 is 10.6 Å². The molecule has 0 bridgehead atoms. The summed E-state index contributed by atoms with van der Waals surface area (Å²) in [7, 11) is 1.27. The number of rotatable bonds is 5. The Morgan fingerprint density at radius 1 is 1.17 bits per heavy atom. The Labute approximate surface area is 131 Å². The number of hydrogen-bond acceptors (Lipinski definition) is 6. The number of methoxy groups -OCH3 is 1. The minimum Gasteiger partial charge on any atom is -0.465 e. The van der Waals surface area contributed by atoms with E-state index in [9.17, 15) is 14.4 Å². The molecular weight excluding hydrogens is 302 g/mol. The minimum absolute atomic E-state index is 0.244. The van der Waals surface area contributed by atoms with Crippen LogP contribution in [0.3, 0.4) is 0 Å². The maximum absolute atomic E-state index is 11.8. The van der Waals surface area contributed by atoms with Crippen LogP contribution in [0.1, 0.15) is 22.5 Å². The molecule has 120 valence electrons. The molecule has 0 unspecified atom stereocenters. The van der Waals surface area contributed by atoms with Gasteiger partial charge < -0.3 is 19.9 Å². The van der Waals surface area contributed by atoms with E-state index in [1.165, 1.54) is 19.2 Å². The molecule has 0 saturated carbocycles. The van der Waals surface area contributed by atoms with Crippen LogP contribution in [-0.2, 0) is 14.3 Å². The first-order chi connectivity index (χ1) is 11.0. The molecule has 1 aromatic carbocycles. The van der Waals surface area contributed by atoms with Crippen molar-refractivity contribution in [1.29, 1.82) is 0 Å². The van der Waals surface area contributed by atoms with Crippen molar-refractivity contribution in [3.63, 3.8) is 0 Å². The number of benzene rings is 1. The number of carbonyl (C=O) groups excluding carboxylic acids is 3. The summed E-state index contributed by atoms with van der Waals surface area (Å²) in [5.74, 6) is -0.776. The standard InChI is InChI=1S/C15H15N3O5/c1-9-6-12(18-23-9)17-14(20)8-13(19)16-11-5-3-4-10(7-11)15(21)22-2/h3-7H,8H2,1-2H3,(H,16,19)(H,17,18,20). The van der Waals surface area contributed by atoms with Crippen LogP contribution in [0.15, 0.2) is 34.9 Å². The Morgan fingerprint density at radius 3 is 2.57 bits per heavy atom. The van der Waals surface area contributed by atoms with Crippen molar-refractivity contribution in [2.45, 2.75) is 13.3 Å². The van der Waals surface area contributed by atoms with E-state index in [-0.39, 0.29) is 5.82 Å². The van der Waals surface area contributed by atoms with Crippen LogP contribution in [0.4, 0.5) is 11.5 Å². The number of aromatic nitrogens is 1. The second-order valence-corrected chi connectivity index (χ2v) is 4.67. The van der Waals surface area contributed by atoms with E-state index in [0.29, 0.717) is 17.0 Å². The van der Waals surface area contributed by atoms with Crippen molar-refractivity contribution in [3.8, 4) is 0 Å². The first kappa shape index (κ1) is 16.2. The highest BCUT2D eigenvalue weighted by molar-refractivity contribution is 6.08. The van der Waals surface area contributed by atoms with E-state index in [1.54, 1.807) is 25.1 Å². The highest BCUT2D eigenvalue weighted by atomic mass is 16.5. The van der Waals surface area contributed by atoms with E-state index in [1.807, 2.05) is 0 Å². The lowest BCUT2D eigenvalue weighted by atomic mass is 10.2. The number of hydrogen-bond donors (Lipinski definition) is 2. The SMILES string of the molecule is COC(=O)c1cccc(NC(=O)CC(=O)Nc2cc(C)on2)c1. The maximum Gasteiger partial charge on any atom is 0.337 e. The molecule has 2 aromatic rings. The Hall–Kier alpha value is -3.16. The average Bonchev–Trinajstić information content (AvgIpc) is 2.91. The molecule has 0 saturated heterocycles. The molecule has 0 fully saturated rings. The van der Waals surface area contributed by atoms with Gasteiger partial charge >= 0.3 is 5.97 Å². The highest BCUT2D eigenvalue weighted by Gasteiger charge is 2.13. The monoisotopic (exact) mass is 317 g/mol. The molecule has 2 amide bonds. The number of nitrogens with zero attached hydrogens (tertiary/aromatic N) is 1. The largest absolute Gasteiger partial charge is 0.465 e. The summed E-state index contributed by atoms with van der Waals surface area (Å²) in [6.45, 7) is 1.68. The van der Waals surface area contributed by atoms with Gasteiger partial charge in [-0.3, -0.25) is 9.59 Å². The molecule has 8 nitrogen and oxygen atoms in total. The van der Waals surface area contributed by atoms with E-state index in [2.05, 4.69) is 20.5 Å². The molecule has 0 radical (unpaired) electrons. The van der Waals surface area contributed by atoms with Crippen molar-refractivity contribution in [2.75, 3.05) is 17.7 Å². The predicted molar refractivity (Wildman–Crippen MR) is 80.9 cm³/mol. The summed E-state index contributed by atoms with van der Waals surface area (Å²) >= 11 is 0. The lowest BCUT2D eigenvalue weighted by molar-refractivity contribution is -0.123. The Kier molecular flexibility index (Phi) is 5.08. The van der Waals surface area contributed by atoms with E-state index in [0.717, 1.165) is 0 Å². The van der Waals surface area contributed by atoms with Gasteiger partial charge in [-0.05, 0) is 25.1 Å². The number of amides is 2. The zero-order chi connectivity index (χ0) is 16.8. The van der Waals surface area contributed by atoms with Gasteiger partial charge in [0.1, 0.15) is 12.2 Å². The van der Waals surface area contributed by atoms with E-state index >= 15 is 0 Å². The third kappa shape index (κ3) is 4.67. The van der Waals surface area contributed by atoms with Crippen LogP contribution in [0, 0.1) is 6.92 Å². The highest BCUT2D eigenvalue weighted by Crippen LogP contribution is 2.12. The summed E-state index contributed by atoms with van der Waals surface area (Å²) in [6.07, 6.45) is -0.394. The summed E-state index contributed by atoms with van der Waals surface area (Å²) in [5.41, 5.74) is 0.691. The van der Waals surface area contributed by atoms with Crippen LogP contribution in [-0.4, -0.2) is 30.1 Å². The minimum atomic E-state index is -0.528. The van der Waals surface area contributed by atoms with Crippen molar-refractivity contribution in [3.05, 3.63) is 41.7 Å². The molecule has 0 spiro atoms. The molecule has 0 aliphatic heterocycles.